The van der Waals surface area contributed by atoms with E-state index in [1.54, 1.807) is 25.1 Å². The van der Waals surface area contributed by atoms with Crippen molar-refractivity contribution >= 4 is 11.1 Å². The molecule has 0 saturated heterocycles. The van der Waals surface area contributed by atoms with Gasteiger partial charge < -0.3 is 14.0 Å². The van der Waals surface area contributed by atoms with Gasteiger partial charge in [-0.1, -0.05) is 5.16 Å². The minimum atomic E-state index is -2.66. The molecule has 0 saturated carbocycles. The highest BCUT2D eigenvalue weighted by atomic mass is 19.3. The minimum absolute atomic E-state index is 0.0880. The van der Waals surface area contributed by atoms with Crippen LogP contribution in [-0.2, 0) is 0 Å². The van der Waals surface area contributed by atoms with Crippen LogP contribution in [0.5, 0.6) is 11.5 Å². The molecule has 2 heterocycles. The molecular formula is C16H14F2N2O3. The predicted octanol–water partition coefficient (Wildman–Crippen LogP) is 4.15. The number of benzene rings is 1. The summed E-state index contributed by atoms with van der Waals surface area (Å²) in [4.78, 5) is 4.28. The van der Waals surface area contributed by atoms with Crippen molar-refractivity contribution in [3.05, 3.63) is 35.5 Å². The van der Waals surface area contributed by atoms with Crippen LogP contribution in [-0.4, -0.2) is 24.4 Å². The number of hydrogen-bond acceptors (Lipinski definition) is 5. The Kier molecular flexibility index (Phi) is 3.85. The summed E-state index contributed by atoms with van der Waals surface area (Å²) in [5, 5.41) is 3.97. The highest BCUT2D eigenvalue weighted by Crippen LogP contribution is 2.36. The molecule has 0 fully saturated rings. The minimum Gasteiger partial charge on any atom is -0.493 e. The van der Waals surface area contributed by atoms with E-state index in [2.05, 4.69) is 10.1 Å². The second-order valence-corrected chi connectivity index (χ2v) is 4.92. The molecule has 23 heavy (non-hydrogen) atoms. The number of aryl methyl sites for hydroxylation is 1. The van der Waals surface area contributed by atoms with Crippen molar-refractivity contribution in [3.8, 4) is 22.8 Å². The first-order valence-corrected chi connectivity index (χ1v) is 6.82. The molecule has 5 nitrogen and oxygen atoms in total. The van der Waals surface area contributed by atoms with E-state index in [0.29, 0.717) is 28.5 Å². The van der Waals surface area contributed by atoms with Crippen molar-refractivity contribution in [1.29, 1.82) is 0 Å². The van der Waals surface area contributed by atoms with Gasteiger partial charge in [0, 0.05) is 11.1 Å². The Labute approximate surface area is 130 Å². The molecule has 0 amide bonds. The smallest absolute Gasteiger partial charge is 0.264 e. The fraction of sp³-hybridized carbons (Fsp3) is 0.250. The second kappa shape index (κ2) is 5.83. The summed E-state index contributed by atoms with van der Waals surface area (Å²) in [5.74, 6) is 1.03. The zero-order valence-electron chi connectivity index (χ0n) is 12.8. The van der Waals surface area contributed by atoms with Gasteiger partial charge >= 0.3 is 0 Å². The molecule has 0 unspecified atom stereocenters. The van der Waals surface area contributed by atoms with Crippen LogP contribution in [0.15, 0.2) is 28.8 Å². The van der Waals surface area contributed by atoms with Crippen LogP contribution in [0.25, 0.3) is 22.4 Å². The number of rotatable bonds is 4. The normalized spacial score (nSPS) is 11.2. The van der Waals surface area contributed by atoms with Crippen LogP contribution in [0.3, 0.4) is 0 Å². The predicted molar refractivity (Wildman–Crippen MR) is 80.0 cm³/mol. The van der Waals surface area contributed by atoms with E-state index < -0.39 is 6.43 Å². The SMILES string of the molecule is COc1ccc(-c2cc(C(F)F)c3c(C)noc3n2)cc1OC. The molecular weight excluding hydrogens is 306 g/mol. The van der Waals surface area contributed by atoms with Gasteiger partial charge in [0.15, 0.2) is 11.5 Å². The van der Waals surface area contributed by atoms with Gasteiger partial charge in [-0.25, -0.2) is 13.8 Å². The molecule has 0 bridgehead atoms. The standard InChI is InChI=1S/C16H14F2N2O3/c1-8-14-10(15(17)18)7-11(19-16(14)23-20-8)9-4-5-12(21-2)13(6-9)22-3/h4-7,15H,1-3H3. The van der Waals surface area contributed by atoms with E-state index >= 15 is 0 Å². The number of pyridine rings is 1. The lowest BCUT2D eigenvalue weighted by atomic mass is 10.1. The first kappa shape index (κ1) is 15.2. The van der Waals surface area contributed by atoms with Gasteiger partial charge in [0.2, 0.25) is 0 Å². The van der Waals surface area contributed by atoms with Crippen molar-refractivity contribution < 1.29 is 22.8 Å². The Balaban J connectivity index is 2.20. The first-order chi connectivity index (χ1) is 11.0. The Hall–Kier alpha value is -2.70. The molecule has 3 rings (SSSR count). The van der Waals surface area contributed by atoms with Crippen LogP contribution < -0.4 is 9.47 Å². The lowest BCUT2D eigenvalue weighted by Gasteiger charge is -2.10. The number of halogens is 2. The third-order valence-corrected chi connectivity index (χ3v) is 3.56. The summed E-state index contributed by atoms with van der Waals surface area (Å²) in [6.45, 7) is 1.61. The Bertz CT molecular complexity index is 862. The largest absolute Gasteiger partial charge is 0.493 e. The van der Waals surface area contributed by atoms with E-state index in [1.165, 1.54) is 20.3 Å². The Morgan fingerprint density at radius 1 is 1.09 bits per heavy atom. The molecule has 120 valence electrons. The fourth-order valence-electron chi connectivity index (χ4n) is 2.44. The molecule has 0 aliphatic rings. The van der Waals surface area contributed by atoms with E-state index in [9.17, 15) is 8.78 Å². The lowest BCUT2D eigenvalue weighted by Crippen LogP contribution is -1.94. The van der Waals surface area contributed by atoms with Crippen LogP contribution in [0, 0.1) is 6.92 Å². The quantitative estimate of drug-likeness (QED) is 0.722. The molecule has 7 heteroatoms. The topological polar surface area (TPSA) is 57.4 Å². The molecule has 0 atom stereocenters. The Morgan fingerprint density at radius 2 is 1.83 bits per heavy atom. The second-order valence-electron chi connectivity index (χ2n) is 4.92. The van der Waals surface area contributed by atoms with Crippen molar-refractivity contribution in [2.24, 2.45) is 0 Å². The van der Waals surface area contributed by atoms with Crippen molar-refractivity contribution in [2.45, 2.75) is 13.3 Å². The summed E-state index contributed by atoms with van der Waals surface area (Å²) in [6, 6.07) is 6.42. The molecule has 0 aliphatic heterocycles. The van der Waals surface area contributed by atoms with Gasteiger partial charge in [0.1, 0.15) is 0 Å². The zero-order valence-corrected chi connectivity index (χ0v) is 12.8. The van der Waals surface area contributed by atoms with Crippen molar-refractivity contribution in [3.63, 3.8) is 0 Å². The summed E-state index contributed by atoms with van der Waals surface area (Å²) in [7, 11) is 3.02. The zero-order chi connectivity index (χ0) is 16.6. The fourth-order valence-corrected chi connectivity index (χ4v) is 2.44. The first-order valence-electron chi connectivity index (χ1n) is 6.82. The summed E-state index contributed by atoms with van der Waals surface area (Å²) in [5.41, 5.74) is 1.29. The maximum Gasteiger partial charge on any atom is 0.264 e. The van der Waals surface area contributed by atoms with Gasteiger partial charge in [0.05, 0.1) is 31.0 Å². The maximum atomic E-state index is 13.4. The third kappa shape index (κ3) is 2.58. The van der Waals surface area contributed by atoms with Gasteiger partial charge in [-0.3, -0.25) is 0 Å². The molecule has 0 spiro atoms. The van der Waals surface area contributed by atoms with Crippen LogP contribution in [0.4, 0.5) is 8.78 Å². The number of fused-ring (bicyclic) bond motifs is 1. The molecule has 3 aromatic rings. The summed E-state index contributed by atoms with van der Waals surface area (Å²) >= 11 is 0. The van der Waals surface area contributed by atoms with Crippen LogP contribution in [0.1, 0.15) is 17.7 Å². The molecule has 1 aromatic carbocycles. The number of hydrogen-bond donors (Lipinski definition) is 0. The van der Waals surface area contributed by atoms with Crippen LogP contribution in [0.2, 0.25) is 0 Å². The number of alkyl halides is 2. The molecule has 2 aromatic heterocycles. The average Bonchev–Trinajstić information content (AvgIpc) is 2.94. The number of aromatic nitrogens is 2. The van der Waals surface area contributed by atoms with Gasteiger partial charge in [-0.2, -0.15) is 0 Å². The van der Waals surface area contributed by atoms with E-state index in [-0.39, 0.29) is 16.7 Å². The van der Waals surface area contributed by atoms with E-state index in [1.807, 2.05) is 0 Å². The van der Waals surface area contributed by atoms with Gasteiger partial charge in [-0.15, -0.1) is 0 Å². The Morgan fingerprint density at radius 3 is 2.48 bits per heavy atom. The van der Waals surface area contributed by atoms with Gasteiger partial charge in [-0.05, 0) is 31.2 Å². The molecule has 0 aliphatic carbocycles. The maximum absolute atomic E-state index is 13.4. The number of nitrogens with zero attached hydrogens (tertiary/aromatic N) is 2. The van der Waals surface area contributed by atoms with Crippen molar-refractivity contribution in [1.82, 2.24) is 10.1 Å². The molecule has 0 radical (unpaired) electrons. The lowest BCUT2D eigenvalue weighted by molar-refractivity contribution is 0.153. The van der Waals surface area contributed by atoms with E-state index in [4.69, 9.17) is 14.0 Å². The van der Waals surface area contributed by atoms with E-state index in [0.717, 1.165) is 0 Å². The average molecular weight is 320 g/mol. The highest BCUT2D eigenvalue weighted by molar-refractivity contribution is 5.83. The number of ether oxygens (including phenoxy) is 2. The van der Waals surface area contributed by atoms with Crippen LogP contribution >= 0.6 is 0 Å². The highest BCUT2D eigenvalue weighted by Gasteiger charge is 2.20. The van der Waals surface area contributed by atoms with Crippen molar-refractivity contribution in [2.75, 3.05) is 14.2 Å². The van der Waals surface area contributed by atoms with Gasteiger partial charge in [0.25, 0.3) is 12.1 Å². The number of methoxy groups -OCH3 is 2. The summed E-state index contributed by atoms with van der Waals surface area (Å²) < 4.78 is 42.2. The monoisotopic (exact) mass is 320 g/mol. The third-order valence-electron chi connectivity index (χ3n) is 3.56. The summed E-state index contributed by atoms with van der Waals surface area (Å²) in [6.07, 6.45) is -2.66. The molecule has 0 N–H and O–H groups in total.